The molecule has 0 fully saturated rings. The third-order valence-electron chi connectivity index (χ3n) is 4.80. The Morgan fingerprint density at radius 2 is 1.26 bits per heavy atom. The fourth-order valence-electron chi connectivity index (χ4n) is 3.32. The molecule has 0 heterocycles. The largest absolute Gasteiger partial charge is 0.417 e. The minimum Gasteiger partial charge on any atom is -0.385 e. The zero-order chi connectivity index (χ0) is 19.5. The maximum Gasteiger partial charge on any atom is 0.417 e. The monoisotopic (exact) mass is 377 g/mol. The Labute approximate surface area is 161 Å². The van der Waals surface area contributed by atoms with Crippen molar-refractivity contribution in [2.24, 2.45) is 0 Å². The van der Waals surface area contributed by atoms with Crippen LogP contribution >= 0.6 is 0 Å². The third kappa shape index (κ3) is 6.93. The lowest BCUT2D eigenvalue weighted by atomic mass is 9.97. The summed E-state index contributed by atoms with van der Waals surface area (Å²) >= 11 is 0. The van der Waals surface area contributed by atoms with Crippen molar-refractivity contribution in [1.29, 1.82) is 0 Å². The van der Waals surface area contributed by atoms with Crippen LogP contribution in [-0.2, 0) is 6.18 Å². The van der Waals surface area contributed by atoms with E-state index in [4.69, 9.17) is 0 Å². The van der Waals surface area contributed by atoms with E-state index in [1.54, 1.807) is 24.3 Å². The molecule has 2 aromatic rings. The molecule has 0 radical (unpaired) electrons. The molecule has 0 unspecified atom stereocenters. The van der Waals surface area contributed by atoms with E-state index in [1.165, 1.54) is 44.6 Å². The van der Waals surface area contributed by atoms with Crippen LogP contribution in [0.2, 0.25) is 0 Å². The van der Waals surface area contributed by atoms with Gasteiger partial charge in [0.2, 0.25) is 0 Å². The number of hydrogen-bond acceptors (Lipinski definition) is 1. The topological polar surface area (TPSA) is 12.0 Å². The molecule has 148 valence electrons. The van der Waals surface area contributed by atoms with Gasteiger partial charge in [0.25, 0.3) is 0 Å². The summed E-state index contributed by atoms with van der Waals surface area (Å²) in [6.07, 6.45) is 5.53. The smallest absolute Gasteiger partial charge is 0.385 e. The van der Waals surface area contributed by atoms with Crippen molar-refractivity contribution in [3.8, 4) is 11.1 Å². The fourth-order valence-corrected chi connectivity index (χ4v) is 3.32. The number of rotatable bonds is 11. The number of halogens is 3. The van der Waals surface area contributed by atoms with Crippen LogP contribution in [0.3, 0.4) is 0 Å². The van der Waals surface area contributed by atoms with Crippen molar-refractivity contribution in [2.45, 2.75) is 64.5 Å². The SMILES string of the molecule is CCCCCCCCCCNc1ccccc1-c1ccccc1C(F)(F)F. The average molecular weight is 377 g/mol. The van der Waals surface area contributed by atoms with Gasteiger partial charge < -0.3 is 5.32 Å². The lowest BCUT2D eigenvalue weighted by Gasteiger charge is -2.16. The van der Waals surface area contributed by atoms with E-state index < -0.39 is 11.7 Å². The molecule has 1 nitrogen and oxygen atoms in total. The summed E-state index contributed by atoms with van der Waals surface area (Å²) in [7, 11) is 0. The van der Waals surface area contributed by atoms with E-state index in [0.717, 1.165) is 31.1 Å². The van der Waals surface area contributed by atoms with Crippen LogP contribution in [0.5, 0.6) is 0 Å². The highest BCUT2D eigenvalue weighted by atomic mass is 19.4. The highest BCUT2D eigenvalue weighted by molar-refractivity contribution is 5.80. The zero-order valence-corrected chi connectivity index (χ0v) is 16.1. The minimum absolute atomic E-state index is 0.226. The second-order valence-electron chi connectivity index (χ2n) is 6.99. The van der Waals surface area contributed by atoms with Gasteiger partial charge in [-0.2, -0.15) is 13.2 Å². The number of hydrogen-bond donors (Lipinski definition) is 1. The second kappa shape index (κ2) is 11.0. The molecular formula is C23H30F3N. The third-order valence-corrected chi connectivity index (χ3v) is 4.80. The molecule has 2 rings (SSSR count). The Morgan fingerprint density at radius 1 is 0.704 bits per heavy atom. The number of unbranched alkanes of at least 4 members (excludes halogenated alkanes) is 7. The Balaban J connectivity index is 1.92. The molecular weight excluding hydrogens is 347 g/mol. The van der Waals surface area contributed by atoms with Crippen LogP contribution in [0.25, 0.3) is 11.1 Å². The molecule has 0 aliphatic carbocycles. The van der Waals surface area contributed by atoms with Crippen LogP contribution in [0.4, 0.5) is 18.9 Å². The molecule has 0 spiro atoms. The Kier molecular flexibility index (Phi) is 8.70. The lowest BCUT2D eigenvalue weighted by Crippen LogP contribution is -2.08. The molecule has 0 amide bonds. The molecule has 1 N–H and O–H groups in total. The highest BCUT2D eigenvalue weighted by Gasteiger charge is 2.33. The van der Waals surface area contributed by atoms with Crippen molar-refractivity contribution in [2.75, 3.05) is 11.9 Å². The summed E-state index contributed by atoms with van der Waals surface area (Å²) in [5, 5.41) is 3.33. The predicted octanol–water partition coefficient (Wildman–Crippen LogP) is 7.93. The number of benzene rings is 2. The van der Waals surface area contributed by atoms with Gasteiger partial charge in [0.05, 0.1) is 5.56 Å². The van der Waals surface area contributed by atoms with Crippen LogP contribution < -0.4 is 5.32 Å². The Bertz CT molecular complexity index is 679. The van der Waals surface area contributed by atoms with E-state index in [0.29, 0.717) is 5.56 Å². The van der Waals surface area contributed by atoms with Gasteiger partial charge in [-0.05, 0) is 24.1 Å². The van der Waals surface area contributed by atoms with E-state index in [2.05, 4.69) is 12.2 Å². The summed E-state index contributed by atoms with van der Waals surface area (Å²) in [5.41, 5.74) is 0.998. The standard InChI is InChI=1S/C23H30F3N/c1-2-3-4-5-6-7-8-13-18-27-22-17-12-10-15-20(22)19-14-9-11-16-21(19)23(24,25)26/h9-12,14-17,27H,2-8,13,18H2,1H3. The highest BCUT2D eigenvalue weighted by Crippen LogP contribution is 2.39. The number of alkyl halides is 3. The number of para-hydroxylation sites is 1. The number of nitrogens with one attached hydrogen (secondary N) is 1. The second-order valence-corrected chi connectivity index (χ2v) is 6.99. The van der Waals surface area contributed by atoms with Gasteiger partial charge in [-0.15, -0.1) is 0 Å². The van der Waals surface area contributed by atoms with Crippen molar-refractivity contribution in [3.05, 3.63) is 54.1 Å². The maximum atomic E-state index is 13.3. The first-order valence-electron chi connectivity index (χ1n) is 10.0. The van der Waals surface area contributed by atoms with Gasteiger partial charge >= 0.3 is 6.18 Å². The summed E-state index contributed by atoms with van der Waals surface area (Å²) < 4.78 is 40.0. The molecule has 2 aromatic carbocycles. The van der Waals surface area contributed by atoms with Gasteiger partial charge in [-0.3, -0.25) is 0 Å². The molecule has 0 aliphatic rings. The number of anilines is 1. The molecule has 0 bridgehead atoms. The molecule has 0 aromatic heterocycles. The average Bonchev–Trinajstić information content (AvgIpc) is 2.66. The molecule has 0 aliphatic heterocycles. The first-order valence-corrected chi connectivity index (χ1v) is 10.0. The van der Waals surface area contributed by atoms with E-state index in [9.17, 15) is 13.2 Å². The van der Waals surface area contributed by atoms with Gasteiger partial charge in [-0.1, -0.05) is 88.3 Å². The van der Waals surface area contributed by atoms with Crippen LogP contribution in [0.15, 0.2) is 48.5 Å². The van der Waals surface area contributed by atoms with Gasteiger partial charge in [-0.25, -0.2) is 0 Å². The van der Waals surface area contributed by atoms with Crippen LogP contribution in [0.1, 0.15) is 63.9 Å². The minimum atomic E-state index is -4.36. The van der Waals surface area contributed by atoms with Crippen molar-refractivity contribution < 1.29 is 13.2 Å². The molecule has 0 saturated heterocycles. The Morgan fingerprint density at radius 3 is 1.93 bits per heavy atom. The van der Waals surface area contributed by atoms with Gasteiger partial charge in [0.1, 0.15) is 0 Å². The maximum absolute atomic E-state index is 13.3. The lowest BCUT2D eigenvalue weighted by molar-refractivity contribution is -0.137. The van der Waals surface area contributed by atoms with Gasteiger partial charge in [0, 0.05) is 17.8 Å². The van der Waals surface area contributed by atoms with E-state index in [-0.39, 0.29) is 5.56 Å². The quantitative estimate of drug-likeness (QED) is 0.392. The first kappa shape index (κ1) is 21.3. The summed E-state index contributed by atoms with van der Waals surface area (Å²) in [6, 6.07) is 13.0. The molecule has 4 heteroatoms. The fraction of sp³-hybridized carbons (Fsp3) is 0.478. The summed E-state index contributed by atoms with van der Waals surface area (Å²) in [5.74, 6) is 0. The molecule has 27 heavy (non-hydrogen) atoms. The molecule has 0 atom stereocenters. The van der Waals surface area contributed by atoms with E-state index >= 15 is 0 Å². The van der Waals surface area contributed by atoms with Crippen molar-refractivity contribution in [1.82, 2.24) is 0 Å². The predicted molar refractivity (Wildman–Crippen MR) is 108 cm³/mol. The first-order chi connectivity index (χ1) is 13.0. The van der Waals surface area contributed by atoms with E-state index in [1.807, 2.05) is 12.1 Å². The molecule has 0 saturated carbocycles. The van der Waals surface area contributed by atoms with Crippen LogP contribution in [0, 0.1) is 0 Å². The van der Waals surface area contributed by atoms with Crippen LogP contribution in [-0.4, -0.2) is 6.54 Å². The van der Waals surface area contributed by atoms with Crippen molar-refractivity contribution in [3.63, 3.8) is 0 Å². The summed E-state index contributed by atoms with van der Waals surface area (Å²) in [6.45, 7) is 3.00. The normalized spacial score (nSPS) is 11.6. The Hall–Kier alpha value is -1.97. The summed E-state index contributed by atoms with van der Waals surface area (Å²) in [4.78, 5) is 0. The van der Waals surface area contributed by atoms with Crippen molar-refractivity contribution >= 4 is 5.69 Å². The van der Waals surface area contributed by atoms with Gasteiger partial charge in [0.15, 0.2) is 0 Å². The zero-order valence-electron chi connectivity index (χ0n) is 16.1.